The van der Waals surface area contributed by atoms with Crippen molar-refractivity contribution < 1.29 is 9.53 Å². The summed E-state index contributed by atoms with van der Waals surface area (Å²) in [4.78, 5) is 10.5. The number of hydrogen-bond donors (Lipinski definition) is 0. The SMILES string of the molecule is CCCCCCCC/C=C/CCCCCCOC(C)=O. The third-order valence-electron chi connectivity index (χ3n) is 3.46. The van der Waals surface area contributed by atoms with Crippen LogP contribution in [0.4, 0.5) is 0 Å². The molecule has 0 bridgehead atoms. The van der Waals surface area contributed by atoms with Crippen LogP contribution in [0.25, 0.3) is 0 Å². The molecule has 0 aliphatic heterocycles. The maximum Gasteiger partial charge on any atom is 0.302 e. The normalized spacial score (nSPS) is 11.1. The summed E-state index contributed by atoms with van der Waals surface area (Å²) >= 11 is 0. The molecule has 0 heterocycles. The van der Waals surface area contributed by atoms with Crippen molar-refractivity contribution in [3.63, 3.8) is 0 Å². The van der Waals surface area contributed by atoms with Crippen LogP contribution in [0.1, 0.15) is 90.9 Å². The van der Waals surface area contributed by atoms with Crippen LogP contribution >= 0.6 is 0 Å². The predicted molar refractivity (Wildman–Crippen MR) is 86.9 cm³/mol. The zero-order valence-electron chi connectivity index (χ0n) is 13.7. The number of allylic oxidation sites excluding steroid dienone is 2. The zero-order chi connectivity index (χ0) is 14.9. The van der Waals surface area contributed by atoms with Crippen molar-refractivity contribution in [2.24, 2.45) is 0 Å². The van der Waals surface area contributed by atoms with Gasteiger partial charge in [0.05, 0.1) is 6.61 Å². The summed E-state index contributed by atoms with van der Waals surface area (Å²) in [6, 6.07) is 0. The number of carbonyl (C=O) groups is 1. The lowest BCUT2D eigenvalue weighted by molar-refractivity contribution is -0.141. The molecule has 0 rings (SSSR count). The molecule has 0 N–H and O–H groups in total. The lowest BCUT2D eigenvalue weighted by Gasteiger charge is -2.01. The molecule has 118 valence electrons. The fourth-order valence-corrected chi connectivity index (χ4v) is 2.21. The van der Waals surface area contributed by atoms with E-state index in [-0.39, 0.29) is 5.97 Å². The standard InChI is InChI=1S/C18H34O2/c1-3-4-5-6-7-8-9-10-11-12-13-14-15-16-17-20-18(2)19/h10-11H,3-9,12-17H2,1-2H3/b11-10+. The van der Waals surface area contributed by atoms with Crippen molar-refractivity contribution in [3.8, 4) is 0 Å². The molecule has 2 nitrogen and oxygen atoms in total. The Balaban J connectivity index is 3.07. The van der Waals surface area contributed by atoms with Gasteiger partial charge in [0.2, 0.25) is 0 Å². The van der Waals surface area contributed by atoms with E-state index >= 15 is 0 Å². The van der Waals surface area contributed by atoms with E-state index in [9.17, 15) is 4.79 Å². The number of rotatable bonds is 14. The highest BCUT2D eigenvalue weighted by Gasteiger charge is 1.93. The van der Waals surface area contributed by atoms with E-state index in [2.05, 4.69) is 19.1 Å². The minimum atomic E-state index is -0.164. The third-order valence-corrected chi connectivity index (χ3v) is 3.46. The molecule has 0 aromatic rings. The maximum absolute atomic E-state index is 10.5. The van der Waals surface area contributed by atoms with E-state index in [4.69, 9.17) is 4.74 Å². The van der Waals surface area contributed by atoms with Gasteiger partial charge >= 0.3 is 5.97 Å². The van der Waals surface area contributed by atoms with Gasteiger partial charge in [-0.25, -0.2) is 0 Å². The van der Waals surface area contributed by atoms with Gasteiger partial charge in [-0.1, -0.05) is 64.0 Å². The molecule has 0 spiro atoms. The summed E-state index contributed by atoms with van der Waals surface area (Å²) in [6.07, 6.45) is 20.1. The predicted octanol–water partition coefficient (Wildman–Crippen LogP) is 5.81. The maximum atomic E-state index is 10.5. The quantitative estimate of drug-likeness (QED) is 0.228. The van der Waals surface area contributed by atoms with Crippen LogP contribution in [0.5, 0.6) is 0 Å². The van der Waals surface area contributed by atoms with Crippen LogP contribution in [0.3, 0.4) is 0 Å². The Hall–Kier alpha value is -0.790. The highest BCUT2D eigenvalue weighted by Crippen LogP contribution is 2.08. The van der Waals surface area contributed by atoms with Gasteiger partial charge < -0.3 is 4.74 Å². The molecule has 0 amide bonds. The summed E-state index contributed by atoms with van der Waals surface area (Å²) < 4.78 is 4.90. The molecule has 0 aliphatic rings. The summed E-state index contributed by atoms with van der Waals surface area (Å²) in [6.45, 7) is 4.32. The first-order valence-electron chi connectivity index (χ1n) is 8.55. The van der Waals surface area contributed by atoms with E-state index in [1.54, 1.807) is 0 Å². The Morgan fingerprint density at radius 1 is 0.800 bits per heavy atom. The lowest BCUT2D eigenvalue weighted by Crippen LogP contribution is -1.99. The number of hydrogen-bond acceptors (Lipinski definition) is 2. The van der Waals surface area contributed by atoms with Gasteiger partial charge in [0.1, 0.15) is 0 Å². The molecule has 0 saturated heterocycles. The highest BCUT2D eigenvalue weighted by atomic mass is 16.5. The first-order chi connectivity index (χ1) is 9.77. The van der Waals surface area contributed by atoms with Crippen LogP contribution in [-0.2, 0) is 9.53 Å². The van der Waals surface area contributed by atoms with E-state index in [0.29, 0.717) is 6.61 Å². The van der Waals surface area contributed by atoms with E-state index in [0.717, 1.165) is 6.42 Å². The Bertz CT molecular complexity index is 234. The monoisotopic (exact) mass is 282 g/mol. The van der Waals surface area contributed by atoms with Crippen LogP contribution in [-0.4, -0.2) is 12.6 Å². The molecule has 0 fully saturated rings. The number of ether oxygens (including phenoxy) is 1. The second-order valence-corrected chi connectivity index (χ2v) is 5.57. The highest BCUT2D eigenvalue weighted by molar-refractivity contribution is 5.65. The van der Waals surface area contributed by atoms with Gasteiger partial charge in [0, 0.05) is 6.92 Å². The van der Waals surface area contributed by atoms with Gasteiger partial charge in [-0.2, -0.15) is 0 Å². The lowest BCUT2D eigenvalue weighted by atomic mass is 10.1. The molecule has 2 heteroatoms. The second-order valence-electron chi connectivity index (χ2n) is 5.57. The Labute approximate surface area is 126 Å². The first kappa shape index (κ1) is 19.2. The fraction of sp³-hybridized carbons (Fsp3) is 0.833. The number of unbranched alkanes of at least 4 members (excludes halogenated alkanes) is 10. The van der Waals surface area contributed by atoms with Gasteiger partial charge in [-0.3, -0.25) is 4.79 Å². The molecular weight excluding hydrogens is 248 g/mol. The molecular formula is C18H34O2. The summed E-state index contributed by atoms with van der Waals surface area (Å²) in [7, 11) is 0. The summed E-state index contributed by atoms with van der Waals surface area (Å²) in [5.41, 5.74) is 0. The van der Waals surface area contributed by atoms with E-state index < -0.39 is 0 Å². The molecule has 0 unspecified atom stereocenters. The average Bonchev–Trinajstić information content (AvgIpc) is 2.43. The van der Waals surface area contributed by atoms with E-state index in [1.807, 2.05) is 0 Å². The second kappa shape index (κ2) is 16.3. The fourth-order valence-electron chi connectivity index (χ4n) is 2.21. The zero-order valence-corrected chi connectivity index (χ0v) is 13.7. The van der Waals surface area contributed by atoms with Gasteiger partial charge in [-0.15, -0.1) is 0 Å². The van der Waals surface area contributed by atoms with Crippen LogP contribution in [0.2, 0.25) is 0 Å². The average molecular weight is 282 g/mol. The first-order valence-corrected chi connectivity index (χ1v) is 8.55. The van der Waals surface area contributed by atoms with Crippen molar-refractivity contribution in [2.45, 2.75) is 90.9 Å². The van der Waals surface area contributed by atoms with Crippen LogP contribution in [0, 0.1) is 0 Å². The van der Waals surface area contributed by atoms with Crippen LogP contribution < -0.4 is 0 Å². The van der Waals surface area contributed by atoms with Gasteiger partial charge in [-0.05, 0) is 32.1 Å². The minimum Gasteiger partial charge on any atom is -0.466 e. The Morgan fingerprint density at radius 3 is 1.85 bits per heavy atom. The largest absolute Gasteiger partial charge is 0.466 e. The Kier molecular flexibility index (Phi) is 15.6. The molecule has 0 saturated carbocycles. The van der Waals surface area contributed by atoms with Crippen molar-refractivity contribution in [1.29, 1.82) is 0 Å². The van der Waals surface area contributed by atoms with E-state index in [1.165, 1.54) is 77.6 Å². The van der Waals surface area contributed by atoms with Gasteiger partial charge in [0.15, 0.2) is 0 Å². The topological polar surface area (TPSA) is 26.3 Å². The molecule has 20 heavy (non-hydrogen) atoms. The number of esters is 1. The smallest absolute Gasteiger partial charge is 0.302 e. The third kappa shape index (κ3) is 17.2. The van der Waals surface area contributed by atoms with Crippen molar-refractivity contribution in [3.05, 3.63) is 12.2 Å². The molecule has 0 radical (unpaired) electrons. The summed E-state index contributed by atoms with van der Waals surface area (Å²) in [5, 5.41) is 0. The van der Waals surface area contributed by atoms with Crippen molar-refractivity contribution in [2.75, 3.05) is 6.61 Å². The van der Waals surface area contributed by atoms with Crippen molar-refractivity contribution in [1.82, 2.24) is 0 Å². The Morgan fingerprint density at radius 2 is 1.30 bits per heavy atom. The van der Waals surface area contributed by atoms with Crippen LogP contribution in [0.15, 0.2) is 12.2 Å². The van der Waals surface area contributed by atoms with Gasteiger partial charge in [0.25, 0.3) is 0 Å². The minimum absolute atomic E-state index is 0.164. The molecule has 0 aromatic heterocycles. The summed E-state index contributed by atoms with van der Waals surface area (Å²) in [5.74, 6) is -0.164. The van der Waals surface area contributed by atoms with Crippen molar-refractivity contribution >= 4 is 5.97 Å². The molecule has 0 atom stereocenters. The number of carbonyl (C=O) groups excluding carboxylic acids is 1. The molecule has 0 aromatic carbocycles. The molecule has 0 aliphatic carbocycles.